The smallest absolute Gasteiger partial charge is 0.330 e. The van der Waals surface area contributed by atoms with Crippen molar-refractivity contribution in [3.63, 3.8) is 0 Å². The molecule has 1 aromatic heterocycles. The maximum absolute atomic E-state index is 12.3. The second-order valence-corrected chi connectivity index (χ2v) is 4.98. The van der Waals surface area contributed by atoms with Gasteiger partial charge in [0.25, 0.3) is 0 Å². The summed E-state index contributed by atoms with van der Waals surface area (Å²) < 4.78 is 36.9. The molecule has 0 aliphatic heterocycles. The quantitative estimate of drug-likeness (QED) is 0.879. The molecule has 0 aliphatic carbocycles. The summed E-state index contributed by atoms with van der Waals surface area (Å²) in [6.07, 6.45) is -2.41. The number of nitrogens with two attached hydrogens (primary N) is 1. The highest BCUT2D eigenvalue weighted by Crippen LogP contribution is 2.37. The van der Waals surface area contributed by atoms with E-state index < -0.39 is 11.2 Å². The molecule has 1 rings (SSSR count). The first-order valence-corrected chi connectivity index (χ1v) is 5.32. The lowest BCUT2D eigenvalue weighted by Gasteiger charge is -2.21. The highest BCUT2D eigenvalue weighted by Gasteiger charge is 2.36. The first-order chi connectivity index (χ1) is 6.77. The zero-order valence-electron chi connectivity index (χ0n) is 8.56. The molecule has 0 radical (unpaired) electrons. The Kier molecular flexibility index (Phi) is 3.40. The molecule has 0 saturated heterocycles. The first kappa shape index (κ1) is 12.4. The number of rotatable bonds is 3. The molecule has 0 aliphatic rings. The zero-order chi connectivity index (χ0) is 11.7. The Morgan fingerprint density at radius 1 is 1.40 bits per heavy atom. The minimum absolute atomic E-state index is 0.337. The largest absolute Gasteiger partial charge is 0.443 e. The summed E-state index contributed by atoms with van der Waals surface area (Å²) in [4.78, 5) is 4.01. The van der Waals surface area contributed by atoms with E-state index in [1.165, 1.54) is 6.20 Å². The molecule has 1 aromatic rings. The van der Waals surface area contributed by atoms with Crippen LogP contribution in [0.25, 0.3) is 0 Å². The van der Waals surface area contributed by atoms with Crippen LogP contribution in [0, 0.1) is 0 Å². The summed E-state index contributed by atoms with van der Waals surface area (Å²) in [5.41, 5.74) is 5.07. The van der Waals surface area contributed by atoms with Crippen molar-refractivity contribution in [2.75, 3.05) is 6.54 Å². The Labute approximate surface area is 90.3 Å². The van der Waals surface area contributed by atoms with E-state index in [9.17, 15) is 13.2 Å². The molecule has 0 atom stereocenters. The molecule has 2 N–H and O–H groups in total. The van der Waals surface area contributed by atoms with E-state index in [1.807, 2.05) is 13.8 Å². The summed E-state index contributed by atoms with van der Waals surface area (Å²) in [7, 11) is 0. The predicted octanol–water partition coefficient (Wildman–Crippen LogP) is 2.79. The highest BCUT2D eigenvalue weighted by atomic mass is 32.1. The lowest BCUT2D eigenvalue weighted by molar-refractivity contribution is -0.137. The average Bonchev–Trinajstić information content (AvgIpc) is 2.50. The van der Waals surface area contributed by atoms with Crippen molar-refractivity contribution >= 4 is 11.3 Å². The molecule has 0 bridgehead atoms. The van der Waals surface area contributed by atoms with Gasteiger partial charge in [0.05, 0.1) is 0 Å². The van der Waals surface area contributed by atoms with Crippen LogP contribution >= 0.6 is 11.3 Å². The van der Waals surface area contributed by atoms with Crippen LogP contribution < -0.4 is 5.73 Å². The van der Waals surface area contributed by atoms with Gasteiger partial charge in [0, 0.05) is 16.5 Å². The van der Waals surface area contributed by atoms with Crippen molar-refractivity contribution in [1.29, 1.82) is 0 Å². The van der Waals surface area contributed by atoms with Crippen LogP contribution in [-0.4, -0.2) is 11.5 Å². The van der Waals surface area contributed by atoms with Gasteiger partial charge in [-0.15, -0.1) is 11.3 Å². The second kappa shape index (κ2) is 4.09. The Morgan fingerprint density at radius 3 is 2.40 bits per heavy atom. The maximum Gasteiger partial charge on any atom is 0.443 e. The number of hydrogen-bond donors (Lipinski definition) is 1. The first-order valence-electron chi connectivity index (χ1n) is 4.51. The Hall–Kier alpha value is -0.620. The number of halogens is 3. The highest BCUT2D eigenvalue weighted by molar-refractivity contribution is 7.11. The number of thiazole rings is 1. The lowest BCUT2D eigenvalue weighted by Crippen LogP contribution is -2.20. The van der Waals surface area contributed by atoms with Crippen molar-refractivity contribution < 1.29 is 13.2 Å². The van der Waals surface area contributed by atoms with Crippen molar-refractivity contribution in [2.24, 2.45) is 5.73 Å². The molecule has 2 nitrogen and oxygen atoms in total. The van der Waals surface area contributed by atoms with Gasteiger partial charge in [0.2, 0.25) is 0 Å². The van der Waals surface area contributed by atoms with Gasteiger partial charge in [-0.3, -0.25) is 0 Å². The molecule has 0 fully saturated rings. The van der Waals surface area contributed by atoms with Gasteiger partial charge < -0.3 is 5.73 Å². The minimum atomic E-state index is -4.35. The van der Waals surface area contributed by atoms with Crippen LogP contribution in [0.2, 0.25) is 0 Å². The summed E-state index contributed by atoms with van der Waals surface area (Å²) in [5.74, 6) is 0. The molecule has 86 valence electrons. The van der Waals surface area contributed by atoms with Gasteiger partial charge in [-0.1, -0.05) is 13.8 Å². The molecule has 1 heterocycles. The number of nitrogens with zero attached hydrogens (tertiary/aromatic N) is 1. The molecule has 0 amide bonds. The van der Waals surface area contributed by atoms with E-state index in [0.29, 0.717) is 29.2 Å². The lowest BCUT2D eigenvalue weighted by atomic mass is 9.88. The molecule has 6 heteroatoms. The number of aromatic nitrogens is 1. The van der Waals surface area contributed by atoms with Crippen LogP contribution in [0.1, 0.15) is 30.2 Å². The third-order valence-corrected chi connectivity index (χ3v) is 3.59. The zero-order valence-corrected chi connectivity index (χ0v) is 9.37. The molecule has 0 aromatic carbocycles. The standard InChI is InChI=1S/C9H13F3N2S/c1-8(2,3-4-13)6-5-14-7(15-6)9(10,11)12/h5H,3-4,13H2,1-2H3. The van der Waals surface area contributed by atoms with Crippen LogP contribution in [0.5, 0.6) is 0 Å². The fourth-order valence-electron chi connectivity index (χ4n) is 1.20. The molecular formula is C9H13F3N2S. The van der Waals surface area contributed by atoms with E-state index in [4.69, 9.17) is 5.73 Å². The second-order valence-electron chi connectivity index (χ2n) is 3.95. The fraction of sp³-hybridized carbons (Fsp3) is 0.667. The normalized spacial score (nSPS) is 13.2. The molecule has 15 heavy (non-hydrogen) atoms. The monoisotopic (exact) mass is 238 g/mol. The van der Waals surface area contributed by atoms with Gasteiger partial charge in [0.1, 0.15) is 0 Å². The maximum atomic E-state index is 12.3. The van der Waals surface area contributed by atoms with Crippen LogP contribution in [-0.2, 0) is 11.6 Å². The molecule has 0 unspecified atom stereocenters. The Bertz CT molecular complexity index is 330. The van der Waals surface area contributed by atoms with Gasteiger partial charge in [-0.05, 0) is 13.0 Å². The van der Waals surface area contributed by atoms with Crippen LogP contribution in [0.15, 0.2) is 6.20 Å². The van der Waals surface area contributed by atoms with Crippen molar-refractivity contribution in [3.8, 4) is 0 Å². The third-order valence-electron chi connectivity index (χ3n) is 2.18. The summed E-state index contributed by atoms with van der Waals surface area (Å²) >= 11 is 0.695. The topological polar surface area (TPSA) is 38.9 Å². The van der Waals surface area contributed by atoms with Gasteiger partial charge in [0.15, 0.2) is 5.01 Å². The fourth-order valence-corrected chi connectivity index (χ4v) is 2.12. The predicted molar refractivity (Wildman–Crippen MR) is 53.8 cm³/mol. The van der Waals surface area contributed by atoms with Crippen LogP contribution in [0.3, 0.4) is 0 Å². The van der Waals surface area contributed by atoms with Crippen LogP contribution in [0.4, 0.5) is 13.2 Å². The van der Waals surface area contributed by atoms with E-state index in [2.05, 4.69) is 4.98 Å². The Balaban J connectivity index is 2.94. The summed E-state index contributed by atoms with van der Waals surface area (Å²) in [6, 6.07) is 0. The summed E-state index contributed by atoms with van der Waals surface area (Å²) in [5, 5.41) is -0.789. The van der Waals surface area contributed by atoms with Crippen molar-refractivity contribution in [1.82, 2.24) is 4.98 Å². The number of hydrogen-bond acceptors (Lipinski definition) is 3. The average molecular weight is 238 g/mol. The number of alkyl halides is 3. The molecule has 0 spiro atoms. The third kappa shape index (κ3) is 2.92. The van der Waals surface area contributed by atoms with E-state index in [1.54, 1.807) is 0 Å². The van der Waals surface area contributed by atoms with E-state index >= 15 is 0 Å². The SMILES string of the molecule is CC(C)(CCN)c1cnc(C(F)(F)F)s1. The van der Waals surface area contributed by atoms with Gasteiger partial charge >= 0.3 is 6.18 Å². The van der Waals surface area contributed by atoms with E-state index in [-0.39, 0.29) is 5.41 Å². The molecular weight excluding hydrogens is 225 g/mol. The van der Waals surface area contributed by atoms with Gasteiger partial charge in [-0.2, -0.15) is 13.2 Å². The Morgan fingerprint density at radius 2 is 2.00 bits per heavy atom. The van der Waals surface area contributed by atoms with Crippen molar-refractivity contribution in [2.45, 2.75) is 31.9 Å². The minimum Gasteiger partial charge on any atom is -0.330 e. The molecule has 0 saturated carbocycles. The van der Waals surface area contributed by atoms with Crippen molar-refractivity contribution in [3.05, 3.63) is 16.1 Å². The van der Waals surface area contributed by atoms with E-state index in [0.717, 1.165) is 0 Å². The van der Waals surface area contributed by atoms with Gasteiger partial charge in [-0.25, -0.2) is 4.98 Å². The summed E-state index contributed by atoms with van der Waals surface area (Å²) in [6.45, 7) is 4.19.